The summed E-state index contributed by atoms with van der Waals surface area (Å²) in [7, 11) is 0. The van der Waals surface area contributed by atoms with E-state index in [1.165, 1.54) is 0 Å². The quantitative estimate of drug-likeness (QED) is 0.106. The van der Waals surface area contributed by atoms with Gasteiger partial charge in [0, 0.05) is 24.4 Å². The van der Waals surface area contributed by atoms with E-state index in [1.807, 2.05) is 0 Å². The molecular weight excluding hydrogens is 556 g/mol. The van der Waals surface area contributed by atoms with Gasteiger partial charge in [0.2, 0.25) is 11.8 Å². The topological polar surface area (TPSA) is 232 Å². The smallest absolute Gasteiger partial charge is 0.364 e. The van der Waals surface area contributed by atoms with Crippen LogP contribution in [0.1, 0.15) is 37.7 Å². The number of rotatable bonds is 16. The highest BCUT2D eigenvalue weighted by Crippen LogP contribution is 2.33. The molecule has 40 heavy (non-hydrogen) atoms. The maximum absolute atomic E-state index is 12.3. The highest BCUT2D eigenvalue weighted by molar-refractivity contribution is 6.30. The van der Waals surface area contributed by atoms with Crippen LogP contribution in [0.25, 0.3) is 0 Å². The van der Waals surface area contributed by atoms with Gasteiger partial charge in [-0.05, 0) is 30.5 Å². The molecule has 1 aliphatic rings. The molecular formula is C25H35ClN2O12. The minimum absolute atomic E-state index is 0.0593. The fraction of sp³-hybridized carbons (Fsp3) is 0.600. The number of aliphatic hydroxyl groups is 4. The van der Waals surface area contributed by atoms with E-state index < -0.39 is 79.6 Å². The predicted octanol–water partition coefficient (Wildman–Crippen LogP) is -1.21. The minimum atomic E-state index is -2.48. The van der Waals surface area contributed by atoms with Crippen molar-refractivity contribution < 1.29 is 59.3 Å². The molecule has 1 aromatic carbocycles. The Balaban J connectivity index is 2.11. The molecule has 0 spiro atoms. The van der Waals surface area contributed by atoms with Gasteiger partial charge in [-0.25, -0.2) is 4.79 Å². The van der Waals surface area contributed by atoms with Crippen LogP contribution in [0.3, 0.4) is 0 Å². The molecule has 224 valence electrons. The van der Waals surface area contributed by atoms with Crippen molar-refractivity contribution in [2.45, 2.75) is 74.8 Å². The Hall–Kier alpha value is -2.85. The number of carboxylic acids is 2. The maximum Gasteiger partial charge on any atom is 0.364 e. The number of hydrogen-bond acceptors (Lipinski definition) is 10. The molecule has 8 N–H and O–H groups in total. The van der Waals surface area contributed by atoms with Gasteiger partial charge in [0.25, 0.3) is 5.79 Å². The summed E-state index contributed by atoms with van der Waals surface area (Å²) in [5.41, 5.74) is 0.633. The number of ether oxygens (including phenoxy) is 2. The molecule has 0 bridgehead atoms. The summed E-state index contributed by atoms with van der Waals surface area (Å²) in [6.07, 6.45) is -6.89. The van der Waals surface area contributed by atoms with Gasteiger partial charge >= 0.3 is 11.9 Å². The molecule has 6 atom stereocenters. The molecule has 0 radical (unpaired) electrons. The number of carbonyl (C=O) groups excluding carboxylic acids is 2. The Morgan fingerprint density at radius 2 is 1.75 bits per heavy atom. The van der Waals surface area contributed by atoms with Gasteiger partial charge in [-0.15, -0.1) is 0 Å². The number of carboxylic acid groups (broad SMARTS) is 2. The molecule has 0 unspecified atom stereocenters. The number of carbonyl (C=O) groups is 4. The molecule has 15 heteroatoms. The zero-order valence-electron chi connectivity index (χ0n) is 21.6. The van der Waals surface area contributed by atoms with E-state index in [1.54, 1.807) is 24.3 Å². The van der Waals surface area contributed by atoms with E-state index in [9.17, 15) is 39.6 Å². The normalized spacial score (nSPS) is 24.1. The van der Waals surface area contributed by atoms with E-state index in [-0.39, 0.29) is 25.9 Å². The van der Waals surface area contributed by atoms with Crippen LogP contribution in [0, 0.1) is 0 Å². The largest absolute Gasteiger partial charge is 0.481 e. The van der Waals surface area contributed by atoms with Crippen molar-refractivity contribution in [3.63, 3.8) is 0 Å². The van der Waals surface area contributed by atoms with E-state index in [0.717, 1.165) is 0 Å². The van der Waals surface area contributed by atoms with Crippen LogP contribution in [0.4, 0.5) is 0 Å². The average molecular weight is 591 g/mol. The Morgan fingerprint density at radius 3 is 2.35 bits per heavy atom. The van der Waals surface area contributed by atoms with Crippen molar-refractivity contribution in [2.24, 2.45) is 0 Å². The lowest BCUT2D eigenvalue weighted by atomic mass is 9.88. The second-order valence-electron chi connectivity index (χ2n) is 9.38. The van der Waals surface area contributed by atoms with Crippen molar-refractivity contribution in [1.29, 1.82) is 0 Å². The van der Waals surface area contributed by atoms with Crippen LogP contribution in [0.5, 0.6) is 0 Å². The summed E-state index contributed by atoms with van der Waals surface area (Å²) in [5, 5.41) is 65.1. The number of halogens is 1. The van der Waals surface area contributed by atoms with Crippen molar-refractivity contribution >= 4 is 35.4 Å². The number of aliphatic carboxylic acids is 2. The minimum Gasteiger partial charge on any atom is -0.481 e. The van der Waals surface area contributed by atoms with Crippen LogP contribution in [-0.4, -0.2) is 110 Å². The molecule has 0 aliphatic carbocycles. The molecule has 1 aromatic rings. The first-order chi connectivity index (χ1) is 18.9. The number of benzene rings is 1. The molecule has 2 amide bonds. The molecule has 1 heterocycles. The predicted molar refractivity (Wildman–Crippen MR) is 137 cm³/mol. The van der Waals surface area contributed by atoms with Gasteiger partial charge in [-0.2, -0.15) is 0 Å². The highest BCUT2D eigenvalue weighted by Gasteiger charge is 2.55. The summed E-state index contributed by atoms with van der Waals surface area (Å²) >= 11 is 5.82. The third-order valence-electron chi connectivity index (χ3n) is 6.26. The summed E-state index contributed by atoms with van der Waals surface area (Å²) in [5.74, 6) is -6.57. The van der Waals surface area contributed by atoms with Gasteiger partial charge in [0.05, 0.1) is 31.3 Å². The second-order valence-corrected chi connectivity index (χ2v) is 9.82. The average Bonchev–Trinajstić information content (AvgIpc) is 2.91. The molecule has 0 aromatic heterocycles. The third-order valence-corrected chi connectivity index (χ3v) is 6.51. The summed E-state index contributed by atoms with van der Waals surface area (Å²) in [6, 6.07) is 5.01. The standard InChI is InChI=1S/C25H35ClN2O12/c26-15-7-5-14(6-8-15)10-18(32)27-12-17(31)22(36)23-21(28-19(33)13-29)16(30)11-25(40-23,24(37)38)39-9-3-1-2-4-20(34)35/h5-8,16-17,21-23,29-31,36H,1-4,9-13H2,(H,27,32)(H,28,33)(H,34,35)(H,37,38)/t16-,17+,21+,22+,23+,25+/m0/s1. The Morgan fingerprint density at radius 1 is 1.07 bits per heavy atom. The first-order valence-electron chi connectivity index (χ1n) is 12.6. The number of hydrogen-bond donors (Lipinski definition) is 8. The molecule has 1 fully saturated rings. The Labute approximate surface area is 234 Å². The van der Waals surface area contributed by atoms with Crippen molar-refractivity contribution in [1.82, 2.24) is 10.6 Å². The summed E-state index contributed by atoms with van der Waals surface area (Å²) in [6.45, 7) is -1.67. The zero-order chi connectivity index (χ0) is 29.9. The van der Waals surface area contributed by atoms with E-state index in [2.05, 4.69) is 10.6 Å². The van der Waals surface area contributed by atoms with E-state index in [0.29, 0.717) is 23.4 Å². The second kappa shape index (κ2) is 15.8. The van der Waals surface area contributed by atoms with Crippen molar-refractivity contribution in [3.8, 4) is 0 Å². The molecule has 14 nitrogen and oxygen atoms in total. The zero-order valence-corrected chi connectivity index (χ0v) is 22.3. The highest BCUT2D eigenvalue weighted by atomic mass is 35.5. The summed E-state index contributed by atoms with van der Waals surface area (Å²) in [4.78, 5) is 47.0. The lowest BCUT2D eigenvalue weighted by Crippen LogP contribution is -2.68. The Bertz CT molecular complexity index is 1010. The third kappa shape index (κ3) is 9.96. The van der Waals surface area contributed by atoms with Gasteiger partial charge in [-0.3, -0.25) is 14.4 Å². The van der Waals surface area contributed by atoms with E-state index >= 15 is 0 Å². The van der Waals surface area contributed by atoms with Crippen molar-refractivity contribution in [3.05, 3.63) is 34.9 Å². The first kappa shape index (κ1) is 33.4. The SMILES string of the molecule is O=C(O)CCCCCO[C@]1(C(=O)O)C[C@H](O)[C@@H](NC(=O)CO)[C@H]([C@H](O)[C@H](O)CNC(=O)Cc2ccc(Cl)cc2)O1. The van der Waals surface area contributed by atoms with Crippen LogP contribution >= 0.6 is 11.6 Å². The first-order valence-corrected chi connectivity index (χ1v) is 13.0. The number of amides is 2. The fourth-order valence-electron chi connectivity index (χ4n) is 4.15. The number of unbranched alkanes of at least 4 members (excludes halogenated alkanes) is 2. The van der Waals surface area contributed by atoms with Crippen LogP contribution in [-0.2, 0) is 35.1 Å². The molecule has 0 saturated carbocycles. The van der Waals surface area contributed by atoms with Crippen LogP contribution in [0.2, 0.25) is 5.02 Å². The lowest BCUT2D eigenvalue weighted by Gasteiger charge is -2.46. The summed E-state index contributed by atoms with van der Waals surface area (Å²) < 4.78 is 11.1. The van der Waals surface area contributed by atoms with Gasteiger partial charge in [-0.1, -0.05) is 30.2 Å². The Kier molecular flexibility index (Phi) is 13.2. The van der Waals surface area contributed by atoms with Crippen LogP contribution in [0.15, 0.2) is 24.3 Å². The van der Waals surface area contributed by atoms with Gasteiger partial charge in [0.1, 0.15) is 18.8 Å². The van der Waals surface area contributed by atoms with Gasteiger partial charge in [0.15, 0.2) is 0 Å². The monoisotopic (exact) mass is 590 g/mol. The fourth-order valence-corrected chi connectivity index (χ4v) is 4.27. The van der Waals surface area contributed by atoms with Crippen LogP contribution < -0.4 is 10.6 Å². The molecule has 2 rings (SSSR count). The molecule has 1 saturated heterocycles. The molecule has 1 aliphatic heterocycles. The van der Waals surface area contributed by atoms with Crippen molar-refractivity contribution in [2.75, 3.05) is 19.8 Å². The maximum atomic E-state index is 12.3. The lowest BCUT2D eigenvalue weighted by molar-refractivity contribution is -0.310. The van der Waals surface area contributed by atoms with Gasteiger partial charge < -0.3 is 50.7 Å². The number of nitrogens with one attached hydrogen (secondary N) is 2. The number of aliphatic hydroxyl groups excluding tert-OH is 4. The van der Waals surface area contributed by atoms with E-state index in [4.69, 9.17) is 31.3 Å².